The van der Waals surface area contributed by atoms with E-state index in [0.717, 1.165) is 5.69 Å². The van der Waals surface area contributed by atoms with Gasteiger partial charge in [-0.1, -0.05) is 11.6 Å². The fourth-order valence-electron chi connectivity index (χ4n) is 1.02. The third-order valence-electron chi connectivity index (χ3n) is 1.75. The first kappa shape index (κ1) is 10.8. The molecule has 0 bridgehead atoms. The third-order valence-corrected chi connectivity index (χ3v) is 1.96. The minimum Gasteiger partial charge on any atom is -0.374 e. The molecule has 14 heavy (non-hydrogen) atoms. The highest BCUT2D eigenvalue weighted by atomic mass is 35.5. The molecule has 4 nitrogen and oxygen atoms in total. The van der Waals surface area contributed by atoms with Crippen LogP contribution in [0.3, 0.4) is 0 Å². The molecule has 0 spiro atoms. The molecule has 1 heterocycles. The predicted molar refractivity (Wildman–Crippen MR) is 56.4 cm³/mol. The van der Waals surface area contributed by atoms with Gasteiger partial charge in [0.2, 0.25) is 5.91 Å². The first-order valence-corrected chi connectivity index (χ1v) is 4.61. The monoisotopic (exact) mass is 213 g/mol. The topological polar surface area (TPSA) is 54.0 Å². The summed E-state index contributed by atoms with van der Waals surface area (Å²) < 4.78 is 0. The lowest BCUT2D eigenvalue weighted by molar-refractivity contribution is -0.121. The van der Waals surface area contributed by atoms with Crippen LogP contribution in [-0.2, 0) is 4.79 Å². The van der Waals surface area contributed by atoms with Crippen molar-refractivity contribution in [1.29, 1.82) is 0 Å². The van der Waals surface area contributed by atoms with Crippen LogP contribution in [0, 0.1) is 0 Å². The Morgan fingerprint density at radius 3 is 2.93 bits per heavy atom. The van der Waals surface area contributed by atoms with Gasteiger partial charge in [-0.25, -0.2) is 4.98 Å². The zero-order valence-electron chi connectivity index (χ0n) is 8.04. The average molecular weight is 214 g/mol. The normalized spacial score (nSPS) is 11.9. The van der Waals surface area contributed by atoms with E-state index < -0.39 is 0 Å². The van der Waals surface area contributed by atoms with Crippen LogP contribution in [0.25, 0.3) is 0 Å². The molecule has 1 aromatic heterocycles. The van der Waals surface area contributed by atoms with E-state index in [2.05, 4.69) is 15.6 Å². The van der Waals surface area contributed by atoms with Gasteiger partial charge in [-0.05, 0) is 19.1 Å². The predicted octanol–water partition coefficient (Wildman–Crippen LogP) is 1.28. The van der Waals surface area contributed by atoms with Crippen LogP contribution >= 0.6 is 11.6 Å². The fraction of sp³-hybridized carbons (Fsp3) is 0.333. The number of carbonyl (C=O) groups is 1. The largest absolute Gasteiger partial charge is 0.374 e. The molecule has 1 atom stereocenters. The molecule has 0 saturated carbocycles. The summed E-state index contributed by atoms with van der Waals surface area (Å²) in [6, 6.07) is 3.13. The molecule has 0 aliphatic rings. The van der Waals surface area contributed by atoms with Gasteiger partial charge in [0.1, 0.15) is 11.2 Å². The van der Waals surface area contributed by atoms with Gasteiger partial charge >= 0.3 is 0 Å². The van der Waals surface area contributed by atoms with Gasteiger partial charge in [0.15, 0.2) is 0 Å². The molecular formula is C9H12ClN3O. The number of amides is 1. The van der Waals surface area contributed by atoms with Crippen molar-refractivity contribution < 1.29 is 4.79 Å². The Morgan fingerprint density at radius 1 is 1.64 bits per heavy atom. The number of hydrogen-bond donors (Lipinski definition) is 2. The molecule has 1 rings (SSSR count). The summed E-state index contributed by atoms with van der Waals surface area (Å²) in [7, 11) is 1.60. The van der Waals surface area contributed by atoms with E-state index in [0.29, 0.717) is 5.15 Å². The van der Waals surface area contributed by atoms with E-state index in [1.54, 1.807) is 32.3 Å². The Kier molecular flexibility index (Phi) is 3.71. The average Bonchev–Trinajstić information content (AvgIpc) is 2.16. The van der Waals surface area contributed by atoms with Crippen LogP contribution in [0.5, 0.6) is 0 Å². The second-order valence-electron chi connectivity index (χ2n) is 2.85. The van der Waals surface area contributed by atoms with Gasteiger partial charge in [-0.3, -0.25) is 4.79 Å². The molecule has 1 amide bonds. The second-order valence-corrected chi connectivity index (χ2v) is 3.23. The minimum atomic E-state index is -0.293. The van der Waals surface area contributed by atoms with Crippen LogP contribution in [0.15, 0.2) is 18.3 Å². The number of pyridine rings is 1. The number of likely N-dealkylation sites (N-methyl/N-ethyl adjacent to an activating group) is 1. The lowest BCUT2D eigenvalue weighted by atomic mass is 10.3. The van der Waals surface area contributed by atoms with Crippen molar-refractivity contribution in [2.75, 3.05) is 12.4 Å². The molecule has 0 fully saturated rings. The molecular weight excluding hydrogens is 202 g/mol. The maximum Gasteiger partial charge on any atom is 0.241 e. The maximum absolute atomic E-state index is 11.2. The number of hydrogen-bond acceptors (Lipinski definition) is 3. The summed E-state index contributed by atoms with van der Waals surface area (Å²) in [5, 5.41) is 5.95. The summed E-state index contributed by atoms with van der Waals surface area (Å²) in [6.45, 7) is 1.77. The van der Waals surface area contributed by atoms with E-state index in [1.807, 2.05) is 0 Å². The Bertz CT molecular complexity index is 330. The number of anilines is 1. The lowest BCUT2D eigenvalue weighted by Gasteiger charge is -2.13. The molecule has 0 saturated heterocycles. The van der Waals surface area contributed by atoms with E-state index in [1.165, 1.54) is 0 Å². The zero-order valence-corrected chi connectivity index (χ0v) is 8.80. The zero-order chi connectivity index (χ0) is 10.6. The smallest absolute Gasteiger partial charge is 0.241 e. The van der Waals surface area contributed by atoms with Gasteiger partial charge in [-0.15, -0.1) is 0 Å². The molecule has 1 unspecified atom stereocenters. The molecule has 0 aliphatic carbocycles. The maximum atomic E-state index is 11.2. The van der Waals surface area contributed by atoms with Crippen molar-refractivity contribution in [3.8, 4) is 0 Å². The number of carbonyl (C=O) groups excluding carboxylic acids is 1. The molecule has 2 N–H and O–H groups in total. The van der Waals surface area contributed by atoms with E-state index >= 15 is 0 Å². The van der Waals surface area contributed by atoms with Crippen LogP contribution in [0.2, 0.25) is 5.15 Å². The SMILES string of the molecule is CNC(=O)C(C)Nc1ccnc(Cl)c1. The molecule has 0 radical (unpaired) electrons. The van der Waals surface area contributed by atoms with E-state index in [4.69, 9.17) is 11.6 Å². The molecule has 5 heteroatoms. The lowest BCUT2D eigenvalue weighted by Crippen LogP contribution is -2.35. The van der Waals surface area contributed by atoms with Gasteiger partial charge in [0.25, 0.3) is 0 Å². The molecule has 0 aromatic carbocycles. The van der Waals surface area contributed by atoms with Gasteiger partial charge < -0.3 is 10.6 Å². The number of nitrogens with one attached hydrogen (secondary N) is 2. The van der Waals surface area contributed by atoms with Crippen molar-refractivity contribution in [3.63, 3.8) is 0 Å². The number of aromatic nitrogens is 1. The quantitative estimate of drug-likeness (QED) is 0.744. The fourth-order valence-corrected chi connectivity index (χ4v) is 1.20. The van der Waals surface area contributed by atoms with Crippen LogP contribution < -0.4 is 10.6 Å². The summed E-state index contributed by atoms with van der Waals surface area (Å²) in [4.78, 5) is 15.0. The number of nitrogens with zero attached hydrogens (tertiary/aromatic N) is 1. The van der Waals surface area contributed by atoms with Crippen LogP contribution in [0.4, 0.5) is 5.69 Å². The highest BCUT2D eigenvalue weighted by molar-refractivity contribution is 6.29. The van der Waals surface area contributed by atoms with Crippen molar-refractivity contribution in [3.05, 3.63) is 23.5 Å². The third kappa shape index (κ3) is 2.88. The highest BCUT2D eigenvalue weighted by Crippen LogP contribution is 2.12. The Labute approximate surface area is 87.7 Å². The van der Waals surface area contributed by atoms with Crippen LogP contribution in [-0.4, -0.2) is 24.0 Å². The van der Waals surface area contributed by atoms with Gasteiger partial charge in [0, 0.05) is 18.9 Å². The molecule has 1 aromatic rings. The molecule has 76 valence electrons. The minimum absolute atomic E-state index is 0.0714. The first-order valence-electron chi connectivity index (χ1n) is 4.23. The standard InChI is InChI=1S/C9H12ClN3O/c1-6(9(14)11-2)13-7-3-4-12-8(10)5-7/h3-6H,1-2H3,(H,11,14)(H,12,13). The highest BCUT2D eigenvalue weighted by Gasteiger charge is 2.09. The van der Waals surface area contributed by atoms with Crippen LogP contribution in [0.1, 0.15) is 6.92 Å². The summed E-state index contributed by atoms with van der Waals surface area (Å²) in [6.07, 6.45) is 1.58. The summed E-state index contributed by atoms with van der Waals surface area (Å²) in [5.41, 5.74) is 0.779. The number of rotatable bonds is 3. The van der Waals surface area contributed by atoms with Gasteiger partial charge in [0.05, 0.1) is 0 Å². The van der Waals surface area contributed by atoms with Crippen molar-refractivity contribution in [1.82, 2.24) is 10.3 Å². The summed E-state index contributed by atoms with van der Waals surface area (Å²) >= 11 is 5.69. The van der Waals surface area contributed by atoms with Crippen molar-refractivity contribution >= 4 is 23.2 Å². The van der Waals surface area contributed by atoms with Gasteiger partial charge in [-0.2, -0.15) is 0 Å². The Morgan fingerprint density at radius 2 is 2.36 bits per heavy atom. The molecule has 0 aliphatic heterocycles. The number of halogens is 1. The first-order chi connectivity index (χ1) is 6.63. The van der Waals surface area contributed by atoms with E-state index in [-0.39, 0.29) is 11.9 Å². The van der Waals surface area contributed by atoms with Crippen molar-refractivity contribution in [2.24, 2.45) is 0 Å². The second kappa shape index (κ2) is 4.81. The Balaban J connectivity index is 2.64. The summed E-state index contributed by atoms with van der Waals surface area (Å²) in [5.74, 6) is -0.0714. The Hall–Kier alpha value is -1.29. The van der Waals surface area contributed by atoms with E-state index in [9.17, 15) is 4.79 Å². The van der Waals surface area contributed by atoms with Crippen molar-refractivity contribution in [2.45, 2.75) is 13.0 Å².